The van der Waals surface area contributed by atoms with E-state index in [1.165, 1.54) is 30.0 Å². The highest BCUT2D eigenvalue weighted by Gasteiger charge is 2.22. The van der Waals surface area contributed by atoms with Crippen LogP contribution in [0.25, 0.3) is 16.9 Å². The Kier molecular flexibility index (Phi) is 5.11. The zero-order valence-electron chi connectivity index (χ0n) is 15.6. The van der Waals surface area contributed by atoms with Crippen molar-refractivity contribution in [2.75, 3.05) is 12.9 Å². The Labute approximate surface area is 164 Å². The number of carboxylic acids is 1. The smallest absolute Gasteiger partial charge is 0.360 e. The van der Waals surface area contributed by atoms with Crippen molar-refractivity contribution in [3.63, 3.8) is 0 Å². The minimum absolute atomic E-state index is 0.229. The summed E-state index contributed by atoms with van der Waals surface area (Å²) in [5.74, 6) is -2.09. The van der Waals surface area contributed by atoms with Crippen molar-refractivity contribution in [1.82, 2.24) is 9.97 Å². The van der Waals surface area contributed by atoms with Crippen molar-refractivity contribution in [2.45, 2.75) is 5.03 Å². The molecule has 0 fully saturated rings. The molecule has 0 saturated heterocycles. The van der Waals surface area contributed by atoms with Crippen LogP contribution in [0.2, 0.25) is 1.41 Å². The Hall–Kier alpha value is -3.53. The van der Waals surface area contributed by atoms with E-state index in [-0.39, 0.29) is 22.7 Å². The Morgan fingerprint density at radius 1 is 1.25 bits per heavy atom. The average molecular weight is 400 g/mol. The average Bonchev–Trinajstić information content (AvgIpc) is 2.75. The fourth-order valence-corrected chi connectivity index (χ4v) is 3.11. The monoisotopic (exact) mass is 400 g/mol. The number of carbonyl (C=O) groups is 3. The molecule has 0 radical (unpaired) electrons. The summed E-state index contributed by atoms with van der Waals surface area (Å²) in [6.07, 6.45) is 3.13. The number of amides is 1. The Morgan fingerprint density at radius 3 is 2.79 bits per heavy atom. The van der Waals surface area contributed by atoms with E-state index in [4.69, 9.17) is 11.3 Å². The minimum Gasteiger partial charge on any atom is -0.481 e. The van der Waals surface area contributed by atoms with E-state index in [2.05, 4.69) is 9.97 Å². The van der Waals surface area contributed by atoms with Gasteiger partial charge in [0.2, 0.25) is 11.4 Å². The number of nitrogens with two attached hydrogens (primary N) is 1. The summed E-state index contributed by atoms with van der Waals surface area (Å²) in [4.78, 5) is 43.6. The van der Waals surface area contributed by atoms with Crippen LogP contribution in [0, 0.1) is 0 Å². The highest BCUT2D eigenvalue weighted by molar-refractivity contribution is 8.00. The molecule has 0 unspecified atom stereocenters. The maximum Gasteiger partial charge on any atom is 0.360 e. The number of pyridine rings is 1. The predicted molar refractivity (Wildman–Crippen MR) is 99.3 cm³/mol. The fraction of sp³-hybridized carbons (Fsp3) is 0.111. The van der Waals surface area contributed by atoms with Gasteiger partial charge in [-0.05, 0) is 29.2 Å². The number of benzene rings is 1. The third kappa shape index (κ3) is 4.07. The van der Waals surface area contributed by atoms with E-state index in [1.807, 2.05) is 0 Å². The van der Waals surface area contributed by atoms with E-state index >= 15 is 0 Å². The number of carboxylic acid groups (broad SMARTS) is 1. The molecule has 2 heterocycles. The van der Waals surface area contributed by atoms with Crippen LogP contribution in [-0.4, -0.2) is 45.8 Å². The number of rotatable bonds is 6. The number of carbonyl (C=O) groups excluding carboxylic acids is 2. The molecule has 1 aromatic carbocycles. The van der Waals surface area contributed by atoms with E-state index < -0.39 is 17.8 Å². The maximum atomic E-state index is 11.8. The van der Waals surface area contributed by atoms with Gasteiger partial charge >= 0.3 is 17.8 Å². The van der Waals surface area contributed by atoms with Crippen LogP contribution in [0.1, 0.15) is 20.7 Å². The second kappa shape index (κ2) is 8.01. The van der Waals surface area contributed by atoms with E-state index in [1.54, 1.807) is 30.1 Å². The molecule has 0 bridgehead atoms. The molecule has 0 saturated carbocycles. The van der Waals surface area contributed by atoms with Crippen molar-refractivity contribution in [3.05, 3.63) is 53.9 Å². The molecule has 28 heavy (non-hydrogen) atoms. The lowest BCUT2D eigenvalue weighted by Gasteiger charge is -2.05. The number of primary amides is 1. The molecule has 1 amide bonds. The Bertz CT molecular complexity index is 1120. The third-order valence-electron chi connectivity index (χ3n) is 3.68. The van der Waals surface area contributed by atoms with Crippen molar-refractivity contribution in [1.29, 1.82) is 0 Å². The number of fused-ring (bicyclic) bond motifs is 1. The Balaban J connectivity index is 2.17. The van der Waals surface area contributed by atoms with Crippen LogP contribution in [-0.2, 0) is 9.53 Å². The fourth-order valence-electron chi connectivity index (χ4n) is 2.41. The number of aliphatic carboxylic acids is 1. The molecule has 0 aliphatic rings. The van der Waals surface area contributed by atoms with Gasteiger partial charge in [0.25, 0.3) is 0 Å². The summed E-state index contributed by atoms with van der Waals surface area (Å²) in [7, 11) is 1.27. The summed E-state index contributed by atoms with van der Waals surface area (Å²) in [6.45, 7) is 0. The summed E-state index contributed by atoms with van der Waals surface area (Å²) >= 11 is 0.980. The zero-order valence-corrected chi connectivity index (χ0v) is 15.4. The largest absolute Gasteiger partial charge is 0.481 e. The Morgan fingerprint density at radius 2 is 2.07 bits per heavy atom. The first-order valence-corrected chi connectivity index (χ1v) is 8.90. The first kappa shape index (κ1) is 17.9. The highest BCUT2D eigenvalue weighted by atomic mass is 32.2. The van der Waals surface area contributed by atoms with Crippen molar-refractivity contribution in [2.24, 2.45) is 5.73 Å². The van der Waals surface area contributed by atoms with Gasteiger partial charge in [0, 0.05) is 11.6 Å². The van der Waals surface area contributed by atoms with Crippen LogP contribution in [0.3, 0.4) is 0 Å². The molecule has 0 aliphatic heterocycles. The SMILES string of the molecule is [2H]NC(=O)c1ccc2nc(SCC(=O)O)c(-[n+]3cccc(C(=O)OC)c3)nc2c1. The third-order valence-corrected chi connectivity index (χ3v) is 4.61. The molecule has 10 heteroatoms. The standard InChI is InChI=1S/C18H14N4O5S/c1-27-18(26)11-3-2-6-22(8-11)16-17(28-9-14(23)24)21-12-5-4-10(15(19)25)7-13(12)20-16/h2-8H,9H2,1H3,(H2-,19,23,24,25)/p+1/i/hD. The second-order valence-electron chi connectivity index (χ2n) is 5.56. The van der Waals surface area contributed by atoms with Gasteiger partial charge in [-0.15, -0.1) is 0 Å². The lowest BCUT2D eigenvalue weighted by Crippen LogP contribution is -2.33. The number of ether oxygens (including phenoxy) is 1. The topological polar surface area (TPSA) is 136 Å². The number of aromatic nitrogens is 3. The molecule has 2 aromatic heterocycles. The van der Waals surface area contributed by atoms with Gasteiger partial charge in [-0.2, -0.15) is 0 Å². The predicted octanol–water partition coefficient (Wildman–Crippen LogP) is 0.969. The number of nitrogens with zero attached hydrogens (tertiary/aromatic N) is 3. The highest BCUT2D eigenvalue weighted by Crippen LogP contribution is 2.23. The van der Waals surface area contributed by atoms with Crippen LogP contribution >= 0.6 is 11.8 Å². The molecule has 0 atom stereocenters. The van der Waals surface area contributed by atoms with Gasteiger partial charge < -0.3 is 15.6 Å². The first-order valence-electron chi connectivity index (χ1n) is 8.41. The molecule has 142 valence electrons. The lowest BCUT2D eigenvalue weighted by molar-refractivity contribution is -0.602. The molecule has 3 N–H and O–H groups in total. The quantitative estimate of drug-likeness (QED) is 0.355. The van der Waals surface area contributed by atoms with Crippen molar-refractivity contribution < 1.29 is 30.2 Å². The normalized spacial score (nSPS) is 11.0. The van der Waals surface area contributed by atoms with Crippen LogP contribution < -0.4 is 10.3 Å². The van der Waals surface area contributed by atoms with Crippen molar-refractivity contribution >= 4 is 40.6 Å². The van der Waals surface area contributed by atoms with E-state index in [0.29, 0.717) is 16.1 Å². The van der Waals surface area contributed by atoms with E-state index in [0.717, 1.165) is 11.8 Å². The molecular weight excluding hydrogens is 384 g/mol. The summed E-state index contributed by atoms with van der Waals surface area (Å²) in [5.41, 5.74) is 3.12. The zero-order chi connectivity index (χ0) is 21.0. The van der Waals surface area contributed by atoms with Crippen LogP contribution in [0.15, 0.2) is 47.8 Å². The van der Waals surface area contributed by atoms with Gasteiger partial charge in [0.15, 0.2) is 6.44 Å². The van der Waals surface area contributed by atoms with Gasteiger partial charge in [-0.1, -0.05) is 11.8 Å². The van der Waals surface area contributed by atoms with Crippen molar-refractivity contribution in [3.8, 4) is 5.82 Å². The number of hydrogen-bond acceptors (Lipinski definition) is 7. The van der Waals surface area contributed by atoms with Gasteiger partial charge in [-0.3, -0.25) is 9.59 Å². The number of thioether (sulfide) groups is 1. The minimum atomic E-state index is -1.02. The molecule has 0 aliphatic carbocycles. The van der Waals surface area contributed by atoms with Crippen LogP contribution in [0.5, 0.6) is 0 Å². The summed E-state index contributed by atoms with van der Waals surface area (Å²) in [5, 5.41) is 9.36. The first-order chi connectivity index (χ1) is 13.9. The summed E-state index contributed by atoms with van der Waals surface area (Å²) < 4.78 is 13.3. The number of hydrogen-bond donors (Lipinski definition) is 2. The van der Waals surface area contributed by atoms with E-state index in [9.17, 15) is 14.4 Å². The lowest BCUT2D eigenvalue weighted by atomic mass is 10.2. The molecular formula is C18H15N4O5S+. The van der Waals surface area contributed by atoms with Gasteiger partial charge in [0.1, 0.15) is 11.7 Å². The molecule has 0 spiro atoms. The second-order valence-corrected chi connectivity index (χ2v) is 6.52. The van der Waals surface area contributed by atoms with Crippen LogP contribution in [0.4, 0.5) is 0 Å². The molecule has 9 nitrogen and oxygen atoms in total. The summed E-state index contributed by atoms with van der Waals surface area (Å²) in [6, 6.07) is 7.73. The molecule has 3 rings (SSSR count). The van der Waals surface area contributed by atoms with Gasteiger partial charge in [0.05, 0.1) is 24.6 Å². The number of esters is 1. The molecule has 3 aromatic rings. The number of methoxy groups -OCH3 is 1. The van der Waals surface area contributed by atoms with Gasteiger partial charge in [-0.25, -0.2) is 14.3 Å². The maximum absolute atomic E-state index is 11.8.